The predicted molar refractivity (Wildman–Crippen MR) is 109 cm³/mol. The molecule has 8 heteroatoms. The summed E-state index contributed by atoms with van der Waals surface area (Å²) in [5.41, 5.74) is 2.85. The van der Waals surface area contributed by atoms with E-state index in [4.69, 9.17) is 20.8 Å². The number of carbonyl (C=O) groups is 2. The highest BCUT2D eigenvalue weighted by Crippen LogP contribution is 2.13. The molecule has 0 saturated heterocycles. The number of carbonyl (C=O) groups excluding carboxylic acids is 2. The molecule has 1 heterocycles. The number of rotatable bonds is 6. The predicted octanol–water partition coefficient (Wildman–Crippen LogP) is 4.62. The molecule has 0 aliphatic rings. The normalized spacial score (nSPS) is 10.4. The lowest BCUT2D eigenvalue weighted by Gasteiger charge is -2.08. The van der Waals surface area contributed by atoms with Crippen LogP contribution in [0.4, 0.5) is 10.5 Å². The van der Waals surface area contributed by atoms with Crippen LogP contribution in [0.5, 0.6) is 0 Å². The summed E-state index contributed by atoms with van der Waals surface area (Å²) in [5, 5.41) is 6.06. The monoisotopic (exact) mass is 413 g/mol. The van der Waals surface area contributed by atoms with Crippen molar-refractivity contribution in [2.45, 2.75) is 27.0 Å². The number of halogens is 1. The zero-order valence-corrected chi connectivity index (χ0v) is 16.7. The smallest absolute Gasteiger partial charge is 0.411 e. The first-order valence-corrected chi connectivity index (χ1v) is 9.28. The largest absolute Gasteiger partial charge is 0.444 e. The standard InChI is InChI=1S/C21H20ClN3O4/c1-13-19(29-14(2)24-13)20(26)23-11-15-5-9-18(10-6-15)25-21(27)28-12-16-3-7-17(22)8-4-16/h3-10H,11-12H2,1-2H3,(H,23,26)(H,25,27). The summed E-state index contributed by atoms with van der Waals surface area (Å²) in [6, 6.07) is 14.1. The Balaban J connectivity index is 1.46. The summed E-state index contributed by atoms with van der Waals surface area (Å²) in [7, 11) is 0. The summed E-state index contributed by atoms with van der Waals surface area (Å²) >= 11 is 5.82. The Morgan fingerprint density at radius 1 is 1.03 bits per heavy atom. The quantitative estimate of drug-likeness (QED) is 0.614. The Morgan fingerprint density at radius 2 is 1.69 bits per heavy atom. The number of aromatic nitrogens is 1. The number of anilines is 1. The van der Waals surface area contributed by atoms with Crippen molar-refractivity contribution >= 4 is 29.3 Å². The van der Waals surface area contributed by atoms with E-state index in [-0.39, 0.29) is 18.3 Å². The van der Waals surface area contributed by atoms with Crippen molar-refractivity contribution in [1.29, 1.82) is 0 Å². The van der Waals surface area contributed by atoms with Gasteiger partial charge in [0, 0.05) is 24.2 Å². The maximum atomic E-state index is 12.1. The molecule has 7 nitrogen and oxygen atoms in total. The maximum Gasteiger partial charge on any atom is 0.411 e. The van der Waals surface area contributed by atoms with Gasteiger partial charge in [0.15, 0.2) is 5.89 Å². The molecule has 3 aromatic rings. The van der Waals surface area contributed by atoms with E-state index in [0.717, 1.165) is 11.1 Å². The lowest BCUT2D eigenvalue weighted by atomic mass is 10.2. The van der Waals surface area contributed by atoms with Crippen molar-refractivity contribution in [2.75, 3.05) is 5.32 Å². The van der Waals surface area contributed by atoms with E-state index in [1.807, 2.05) is 0 Å². The lowest BCUT2D eigenvalue weighted by Crippen LogP contribution is -2.23. The van der Waals surface area contributed by atoms with Crippen LogP contribution >= 0.6 is 11.6 Å². The molecule has 3 rings (SSSR count). The minimum atomic E-state index is -0.558. The Hall–Kier alpha value is -3.32. The second-order valence-electron chi connectivity index (χ2n) is 6.35. The molecule has 2 N–H and O–H groups in total. The second-order valence-corrected chi connectivity index (χ2v) is 6.79. The highest BCUT2D eigenvalue weighted by atomic mass is 35.5. The Morgan fingerprint density at radius 3 is 2.31 bits per heavy atom. The average molecular weight is 414 g/mol. The lowest BCUT2D eigenvalue weighted by molar-refractivity contribution is 0.0921. The van der Waals surface area contributed by atoms with E-state index in [0.29, 0.717) is 28.8 Å². The Labute approximate surface area is 173 Å². The van der Waals surface area contributed by atoms with E-state index in [1.165, 1.54) is 0 Å². The van der Waals surface area contributed by atoms with Gasteiger partial charge >= 0.3 is 6.09 Å². The molecule has 150 valence electrons. The van der Waals surface area contributed by atoms with Crippen LogP contribution in [-0.2, 0) is 17.9 Å². The van der Waals surface area contributed by atoms with Crippen LogP contribution in [0.2, 0.25) is 5.02 Å². The maximum absolute atomic E-state index is 12.1. The van der Waals surface area contributed by atoms with Crippen molar-refractivity contribution in [2.24, 2.45) is 0 Å². The molecule has 29 heavy (non-hydrogen) atoms. The van der Waals surface area contributed by atoms with Crippen LogP contribution in [0.3, 0.4) is 0 Å². The summed E-state index contributed by atoms with van der Waals surface area (Å²) in [6.45, 7) is 3.88. The molecule has 0 radical (unpaired) electrons. The molecule has 0 saturated carbocycles. The van der Waals surface area contributed by atoms with Gasteiger partial charge in [-0.2, -0.15) is 0 Å². The number of amides is 2. The average Bonchev–Trinajstić information content (AvgIpc) is 3.05. The third kappa shape index (κ3) is 5.83. The molecular formula is C21H20ClN3O4. The van der Waals surface area contributed by atoms with Crippen molar-refractivity contribution in [3.8, 4) is 0 Å². The topological polar surface area (TPSA) is 93.5 Å². The highest BCUT2D eigenvalue weighted by molar-refractivity contribution is 6.30. The van der Waals surface area contributed by atoms with Crippen LogP contribution in [0, 0.1) is 13.8 Å². The fourth-order valence-electron chi connectivity index (χ4n) is 2.59. The number of oxazole rings is 1. The first-order chi connectivity index (χ1) is 13.9. The van der Waals surface area contributed by atoms with Gasteiger partial charge in [-0.15, -0.1) is 0 Å². The van der Waals surface area contributed by atoms with Gasteiger partial charge in [-0.3, -0.25) is 10.1 Å². The summed E-state index contributed by atoms with van der Waals surface area (Å²) in [5.74, 6) is 0.339. The molecule has 2 aromatic carbocycles. The fourth-order valence-corrected chi connectivity index (χ4v) is 2.72. The number of benzene rings is 2. The minimum Gasteiger partial charge on any atom is -0.444 e. The van der Waals surface area contributed by atoms with Crippen LogP contribution in [0.15, 0.2) is 52.9 Å². The second kappa shape index (κ2) is 9.25. The van der Waals surface area contributed by atoms with E-state index in [2.05, 4.69) is 15.6 Å². The molecule has 0 aliphatic heterocycles. The Bertz CT molecular complexity index is 998. The van der Waals surface area contributed by atoms with Crippen LogP contribution in [-0.4, -0.2) is 17.0 Å². The summed E-state index contributed by atoms with van der Waals surface area (Å²) < 4.78 is 10.5. The van der Waals surface area contributed by atoms with Gasteiger partial charge in [-0.25, -0.2) is 9.78 Å². The van der Waals surface area contributed by atoms with E-state index < -0.39 is 6.09 Å². The van der Waals surface area contributed by atoms with E-state index in [1.54, 1.807) is 62.4 Å². The molecule has 0 bridgehead atoms. The van der Waals surface area contributed by atoms with Crippen molar-refractivity contribution in [3.05, 3.63) is 82.0 Å². The third-order valence-electron chi connectivity index (χ3n) is 4.05. The number of nitrogens with one attached hydrogen (secondary N) is 2. The molecule has 0 spiro atoms. The van der Waals surface area contributed by atoms with Gasteiger partial charge in [0.05, 0.1) is 5.69 Å². The van der Waals surface area contributed by atoms with Gasteiger partial charge < -0.3 is 14.5 Å². The first kappa shape index (κ1) is 20.4. The molecule has 2 amide bonds. The molecule has 0 aliphatic carbocycles. The van der Waals surface area contributed by atoms with Crippen molar-refractivity contribution in [1.82, 2.24) is 10.3 Å². The molecular weight excluding hydrogens is 394 g/mol. The highest BCUT2D eigenvalue weighted by Gasteiger charge is 2.15. The molecule has 0 fully saturated rings. The summed E-state index contributed by atoms with van der Waals surface area (Å²) in [4.78, 5) is 28.1. The third-order valence-corrected chi connectivity index (χ3v) is 4.30. The summed E-state index contributed by atoms with van der Waals surface area (Å²) in [6.07, 6.45) is -0.558. The first-order valence-electron chi connectivity index (χ1n) is 8.90. The number of hydrogen-bond donors (Lipinski definition) is 2. The zero-order valence-electron chi connectivity index (χ0n) is 16.0. The number of aryl methyl sites for hydroxylation is 2. The number of ether oxygens (including phenoxy) is 1. The Kier molecular flexibility index (Phi) is 6.51. The van der Waals surface area contributed by atoms with Gasteiger partial charge in [0.2, 0.25) is 5.76 Å². The number of nitrogens with zero attached hydrogens (tertiary/aromatic N) is 1. The fraction of sp³-hybridized carbons (Fsp3) is 0.190. The van der Waals surface area contributed by atoms with Crippen molar-refractivity contribution in [3.63, 3.8) is 0 Å². The van der Waals surface area contributed by atoms with Gasteiger partial charge in [-0.1, -0.05) is 35.9 Å². The molecule has 1 aromatic heterocycles. The van der Waals surface area contributed by atoms with Crippen molar-refractivity contribution < 1.29 is 18.7 Å². The van der Waals surface area contributed by atoms with Crippen LogP contribution < -0.4 is 10.6 Å². The van der Waals surface area contributed by atoms with Crippen LogP contribution in [0.25, 0.3) is 0 Å². The molecule has 0 unspecified atom stereocenters. The minimum absolute atomic E-state index is 0.146. The van der Waals surface area contributed by atoms with Crippen LogP contribution in [0.1, 0.15) is 33.3 Å². The SMILES string of the molecule is Cc1nc(C)c(C(=O)NCc2ccc(NC(=O)OCc3ccc(Cl)cc3)cc2)o1. The van der Waals surface area contributed by atoms with E-state index in [9.17, 15) is 9.59 Å². The van der Waals surface area contributed by atoms with Gasteiger partial charge in [-0.05, 0) is 42.3 Å². The zero-order chi connectivity index (χ0) is 20.8. The number of hydrogen-bond acceptors (Lipinski definition) is 5. The molecule has 0 atom stereocenters. The van der Waals surface area contributed by atoms with Gasteiger partial charge in [0.25, 0.3) is 5.91 Å². The van der Waals surface area contributed by atoms with E-state index >= 15 is 0 Å². The van der Waals surface area contributed by atoms with Gasteiger partial charge in [0.1, 0.15) is 6.61 Å².